The molecule has 3 rings (SSSR count). The normalized spacial score (nSPS) is 14.1. The fraction of sp³-hybridized carbons (Fsp3) is 0.333. The highest BCUT2D eigenvalue weighted by Crippen LogP contribution is 2.19. The Morgan fingerprint density at radius 2 is 1.66 bits per heavy atom. The van der Waals surface area contributed by atoms with Crippen molar-refractivity contribution in [3.63, 3.8) is 0 Å². The molecular weight excluding hydrogens is 374 g/mol. The Hall–Kier alpha value is -3.42. The number of nitro groups is 1. The van der Waals surface area contributed by atoms with Crippen molar-refractivity contribution < 1.29 is 19.2 Å². The van der Waals surface area contributed by atoms with Crippen LogP contribution in [0, 0.1) is 10.1 Å². The molecule has 2 amide bonds. The van der Waals surface area contributed by atoms with Crippen LogP contribution in [0.3, 0.4) is 0 Å². The van der Waals surface area contributed by atoms with Gasteiger partial charge in [0.1, 0.15) is 5.75 Å². The zero-order valence-corrected chi connectivity index (χ0v) is 15.9. The molecule has 0 spiro atoms. The van der Waals surface area contributed by atoms with E-state index in [0.29, 0.717) is 17.0 Å². The van der Waals surface area contributed by atoms with Crippen LogP contribution in [0.4, 0.5) is 11.4 Å². The van der Waals surface area contributed by atoms with Crippen LogP contribution >= 0.6 is 0 Å². The van der Waals surface area contributed by atoms with Crippen LogP contribution in [-0.2, 0) is 4.79 Å². The van der Waals surface area contributed by atoms with Gasteiger partial charge in [0.2, 0.25) is 0 Å². The topological polar surface area (TPSA) is 111 Å². The lowest BCUT2D eigenvalue weighted by Crippen LogP contribution is -2.36. The minimum absolute atomic E-state index is 0.0468. The molecule has 8 nitrogen and oxygen atoms in total. The summed E-state index contributed by atoms with van der Waals surface area (Å²) in [5.41, 5.74) is 1.06. The van der Waals surface area contributed by atoms with Gasteiger partial charge in [-0.1, -0.05) is 19.3 Å². The van der Waals surface area contributed by atoms with E-state index in [2.05, 4.69) is 10.6 Å². The molecule has 29 heavy (non-hydrogen) atoms. The lowest BCUT2D eigenvalue weighted by Gasteiger charge is -2.22. The molecule has 2 aromatic rings. The third kappa shape index (κ3) is 6.03. The summed E-state index contributed by atoms with van der Waals surface area (Å²) >= 11 is 0. The predicted molar refractivity (Wildman–Crippen MR) is 108 cm³/mol. The zero-order chi connectivity index (χ0) is 20.6. The van der Waals surface area contributed by atoms with E-state index in [-0.39, 0.29) is 30.2 Å². The lowest BCUT2D eigenvalue weighted by atomic mass is 9.95. The molecule has 0 saturated heterocycles. The third-order valence-electron chi connectivity index (χ3n) is 4.79. The van der Waals surface area contributed by atoms with E-state index >= 15 is 0 Å². The Bertz CT molecular complexity index is 859. The number of ether oxygens (including phenoxy) is 1. The molecule has 1 fully saturated rings. The molecule has 1 aliphatic rings. The maximum Gasteiger partial charge on any atom is 0.269 e. The van der Waals surface area contributed by atoms with E-state index < -0.39 is 4.92 Å². The minimum Gasteiger partial charge on any atom is -0.484 e. The number of nitrogens with zero attached hydrogens (tertiary/aromatic N) is 1. The summed E-state index contributed by atoms with van der Waals surface area (Å²) < 4.78 is 5.32. The largest absolute Gasteiger partial charge is 0.484 e. The Labute approximate surface area is 168 Å². The number of nitro benzene ring substituents is 1. The first-order valence-corrected chi connectivity index (χ1v) is 9.59. The number of carbonyl (C=O) groups excluding carboxylic acids is 2. The number of rotatable bonds is 7. The van der Waals surface area contributed by atoms with E-state index in [0.717, 1.165) is 25.7 Å². The molecule has 8 heteroatoms. The molecule has 1 saturated carbocycles. The average molecular weight is 397 g/mol. The van der Waals surface area contributed by atoms with Crippen molar-refractivity contribution in [3.05, 3.63) is 64.2 Å². The average Bonchev–Trinajstić information content (AvgIpc) is 2.74. The van der Waals surface area contributed by atoms with Gasteiger partial charge in [-0.2, -0.15) is 0 Å². The van der Waals surface area contributed by atoms with Gasteiger partial charge in [-0.25, -0.2) is 0 Å². The summed E-state index contributed by atoms with van der Waals surface area (Å²) in [4.78, 5) is 34.4. The van der Waals surface area contributed by atoms with Crippen LogP contribution in [0.15, 0.2) is 48.5 Å². The molecule has 0 bridgehead atoms. The van der Waals surface area contributed by atoms with Crippen molar-refractivity contribution in [2.75, 3.05) is 11.9 Å². The van der Waals surface area contributed by atoms with Crippen LogP contribution in [0.25, 0.3) is 0 Å². The summed E-state index contributed by atoms with van der Waals surface area (Å²) in [5.74, 6) is -0.112. The summed E-state index contributed by atoms with van der Waals surface area (Å²) in [7, 11) is 0. The molecule has 2 aromatic carbocycles. The standard InChI is InChI=1S/C21H23N3O5/c25-20(14-29-19-12-10-18(11-13-19)24(27)28)22-17-8-6-15(7-9-17)21(26)23-16-4-2-1-3-5-16/h6-13,16H,1-5,14H2,(H,22,25)(H,23,26). The predicted octanol–water partition coefficient (Wildman–Crippen LogP) is 3.67. The molecule has 0 heterocycles. The molecule has 0 aromatic heterocycles. The van der Waals surface area contributed by atoms with Gasteiger partial charge >= 0.3 is 0 Å². The molecule has 0 aliphatic heterocycles. The van der Waals surface area contributed by atoms with E-state index in [9.17, 15) is 19.7 Å². The quantitative estimate of drug-likeness (QED) is 0.547. The van der Waals surface area contributed by atoms with Crippen molar-refractivity contribution in [1.82, 2.24) is 5.32 Å². The van der Waals surface area contributed by atoms with Crippen molar-refractivity contribution in [2.24, 2.45) is 0 Å². The molecular formula is C21H23N3O5. The fourth-order valence-electron chi connectivity index (χ4n) is 3.23. The second-order valence-corrected chi connectivity index (χ2v) is 6.97. The highest BCUT2D eigenvalue weighted by Gasteiger charge is 2.16. The second kappa shape index (κ2) is 9.68. The van der Waals surface area contributed by atoms with E-state index in [1.807, 2.05) is 0 Å². The Morgan fingerprint density at radius 3 is 2.28 bits per heavy atom. The highest BCUT2D eigenvalue weighted by molar-refractivity contribution is 5.96. The number of hydrogen-bond donors (Lipinski definition) is 2. The molecule has 0 unspecified atom stereocenters. The number of amides is 2. The summed E-state index contributed by atoms with van der Waals surface area (Å²) in [6, 6.07) is 12.4. The molecule has 152 valence electrons. The maximum absolute atomic E-state index is 12.3. The van der Waals surface area contributed by atoms with Crippen LogP contribution < -0.4 is 15.4 Å². The van der Waals surface area contributed by atoms with Crippen LogP contribution in [0.1, 0.15) is 42.5 Å². The van der Waals surface area contributed by atoms with Gasteiger partial charge in [0.05, 0.1) is 4.92 Å². The van der Waals surface area contributed by atoms with E-state index in [4.69, 9.17) is 4.74 Å². The lowest BCUT2D eigenvalue weighted by molar-refractivity contribution is -0.384. The smallest absolute Gasteiger partial charge is 0.269 e. The van der Waals surface area contributed by atoms with Gasteiger partial charge in [0, 0.05) is 29.4 Å². The third-order valence-corrected chi connectivity index (χ3v) is 4.79. The second-order valence-electron chi connectivity index (χ2n) is 6.97. The zero-order valence-electron chi connectivity index (χ0n) is 15.9. The van der Waals surface area contributed by atoms with Gasteiger partial charge in [0.25, 0.3) is 17.5 Å². The van der Waals surface area contributed by atoms with Gasteiger partial charge in [-0.05, 0) is 49.2 Å². The van der Waals surface area contributed by atoms with Crippen LogP contribution in [-0.4, -0.2) is 29.4 Å². The van der Waals surface area contributed by atoms with Gasteiger partial charge in [-0.15, -0.1) is 0 Å². The van der Waals surface area contributed by atoms with Crippen LogP contribution in [0.2, 0.25) is 0 Å². The summed E-state index contributed by atoms with van der Waals surface area (Å²) in [6.45, 7) is -0.234. The van der Waals surface area contributed by atoms with Crippen molar-refractivity contribution in [1.29, 1.82) is 0 Å². The van der Waals surface area contributed by atoms with Gasteiger partial charge < -0.3 is 15.4 Å². The number of carbonyl (C=O) groups is 2. The van der Waals surface area contributed by atoms with Crippen molar-refractivity contribution >= 4 is 23.2 Å². The van der Waals surface area contributed by atoms with E-state index in [1.54, 1.807) is 24.3 Å². The Kier molecular flexibility index (Phi) is 6.78. The number of nitrogens with one attached hydrogen (secondary N) is 2. The maximum atomic E-state index is 12.3. The molecule has 1 aliphatic carbocycles. The number of anilines is 1. The monoisotopic (exact) mass is 397 g/mol. The van der Waals surface area contributed by atoms with E-state index in [1.165, 1.54) is 30.7 Å². The summed E-state index contributed by atoms with van der Waals surface area (Å²) in [6.07, 6.45) is 5.58. The van der Waals surface area contributed by atoms with Crippen molar-refractivity contribution in [2.45, 2.75) is 38.1 Å². The first kappa shape index (κ1) is 20.3. The fourth-order valence-corrected chi connectivity index (χ4v) is 3.23. The number of non-ortho nitro benzene ring substituents is 1. The Balaban J connectivity index is 1.46. The first-order chi connectivity index (χ1) is 14.0. The highest BCUT2D eigenvalue weighted by atomic mass is 16.6. The number of benzene rings is 2. The molecule has 2 N–H and O–H groups in total. The van der Waals surface area contributed by atoms with Gasteiger partial charge in [0.15, 0.2) is 6.61 Å². The SMILES string of the molecule is O=C(COc1ccc([N+](=O)[O-])cc1)Nc1ccc(C(=O)NC2CCCCC2)cc1. The van der Waals surface area contributed by atoms with Crippen LogP contribution in [0.5, 0.6) is 5.75 Å². The summed E-state index contributed by atoms with van der Waals surface area (Å²) in [5, 5.41) is 16.4. The first-order valence-electron chi connectivity index (χ1n) is 9.59. The molecule has 0 radical (unpaired) electrons. The van der Waals surface area contributed by atoms with Gasteiger partial charge in [-0.3, -0.25) is 19.7 Å². The molecule has 0 atom stereocenters. The number of hydrogen-bond acceptors (Lipinski definition) is 5. The minimum atomic E-state index is -0.504. The van der Waals surface area contributed by atoms with Crippen molar-refractivity contribution in [3.8, 4) is 5.75 Å². The Morgan fingerprint density at radius 1 is 1.00 bits per heavy atom.